The molecule has 0 aliphatic carbocycles. The molecular weight excluding hydrogens is 254 g/mol. The van der Waals surface area contributed by atoms with Gasteiger partial charge in [0.1, 0.15) is 18.1 Å². The summed E-state index contributed by atoms with van der Waals surface area (Å²) in [5, 5.41) is 4.18. The Morgan fingerprint density at radius 2 is 2.05 bits per heavy atom. The van der Waals surface area contributed by atoms with E-state index < -0.39 is 0 Å². The number of Topliss-reactive ketones (excluding diaryl/α,β-unsaturated/α-hetero) is 1. The number of hydrogen-bond donors (Lipinski definition) is 0. The summed E-state index contributed by atoms with van der Waals surface area (Å²) in [6, 6.07) is 11.7. The average molecular weight is 267 g/mol. The number of benzene rings is 1. The molecule has 0 spiro atoms. The molecule has 0 aliphatic heterocycles. The molecule has 0 unspecified atom stereocenters. The van der Waals surface area contributed by atoms with Gasteiger partial charge in [0.05, 0.1) is 12.4 Å². The van der Waals surface area contributed by atoms with Crippen LogP contribution in [0, 0.1) is 0 Å². The van der Waals surface area contributed by atoms with Crippen LogP contribution >= 0.6 is 0 Å². The van der Waals surface area contributed by atoms with Crippen LogP contribution in [0.1, 0.15) is 23.0 Å². The van der Waals surface area contributed by atoms with E-state index in [0.29, 0.717) is 23.7 Å². The van der Waals surface area contributed by atoms with Gasteiger partial charge in [-0.2, -0.15) is 5.10 Å². The summed E-state index contributed by atoms with van der Waals surface area (Å²) >= 11 is 0. The second-order valence-electron chi connectivity index (χ2n) is 4.44. The minimum absolute atomic E-state index is 0.0667. The molecule has 0 fully saturated rings. The van der Waals surface area contributed by atoms with Gasteiger partial charge in [-0.3, -0.25) is 4.79 Å². The smallest absolute Gasteiger partial charge is 0.179 e. The maximum Gasteiger partial charge on any atom is 0.179 e. The van der Waals surface area contributed by atoms with Crippen LogP contribution in [0.4, 0.5) is 0 Å². The number of fused-ring (bicyclic) bond motifs is 1. The predicted molar refractivity (Wildman–Crippen MR) is 73.8 cm³/mol. The standard InChI is InChI=1S/C15H13N3O2/c1-11(19)14-9-16-15-7-13(8-17-18(14)15)20-10-12-5-3-2-4-6-12/h2-9H,10H2,1H3. The van der Waals surface area contributed by atoms with Crippen molar-refractivity contribution in [3.05, 3.63) is 60.0 Å². The fourth-order valence-electron chi connectivity index (χ4n) is 1.92. The Kier molecular flexibility index (Phi) is 3.16. The number of carbonyl (C=O) groups is 1. The quantitative estimate of drug-likeness (QED) is 0.681. The van der Waals surface area contributed by atoms with E-state index in [1.807, 2.05) is 30.3 Å². The lowest BCUT2D eigenvalue weighted by Gasteiger charge is -2.06. The first kappa shape index (κ1) is 12.3. The largest absolute Gasteiger partial charge is 0.487 e. The molecule has 3 rings (SSSR count). The van der Waals surface area contributed by atoms with E-state index in [2.05, 4.69) is 10.1 Å². The second kappa shape index (κ2) is 5.13. The summed E-state index contributed by atoms with van der Waals surface area (Å²) in [6.07, 6.45) is 3.11. The summed E-state index contributed by atoms with van der Waals surface area (Å²) < 4.78 is 7.18. The molecule has 5 heteroatoms. The molecular formula is C15H13N3O2. The van der Waals surface area contributed by atoms with Crippen molar-refractivity contribution >= 4 is 11.4 Å². The molecule has 0 amide bonds. The minimum atomic E-state index is -0.0667. The van der Waals surface area contributed by atoms with Crippen molar-refractivity contribution in [2.45, 2.75) is 13.5 Å². The first-order chi connectivity index (χ1) is 9.74. The van der Waals surface area contributed by atoms with Crippen molar-refractivity contribution < 1.29 is 9.53 Å². The Morgan fingerprint density at radius 1 is 1.25 bits per heavy atom. The topological polar surface area (TPSA) is 56.5 Å². The molecule has 20 heavy (non-hydrogen) atoms. The van der Waals surface area contributed by atoms with E-state index in [4.69, 9.17) is 4.74 Å². The summed E-state index contributed by atoms with van der Waals surface area (Å²) in [4.78, 5) is 15.5. The van der Waals surface area contributed by atoms with Crippen LogP contribution in [0.3, 0.4) is 0 Å². The summed E-state index contributed by atoms with van der Waals surface area (Å²) in [5.74, 6) is 0.560. The fourth-order valence-corrected chi connectivity index (χ4v) is 1.92. The second-order valence-corrected chi connectivity index (χ2v) is 4.44. The van der Waals surface area contributed by atoms with Gasteiger partial charge < -0.3 is 4.74 Å². The number of rotatable bonds is 4. The molecule has 2 aromatic heterocycles. The highest BCUT2D eigenvalue weighted by atomic mass is 16.5. The van der Waals surface area contributed by atoms with Crippen molar-refractivity contribution in [3.63, 3.8) is 0 Å². The van der Waals surface area contributed by atoms with E-state index >= 15 is 0 Å². The highest BCUT2D eigenvalue weighted by Gasteiger charge is 2.09. The molecule has 2 heterocycles. The van der Waals surface area contributed by atoms with Gasteiger partial charge in [0.2, 0.25) is 0 Å². The van der Waals surface area contributed by atoms with Crippen molar-refractivity contribution in [1.82, 2.24) is 14.6 Å². The van der Waals surface area contributed by atoms with Crippen LogP contribution in [0.25, 0.3) is 5.65 Å². The van der Waals surface area contributed by atoms with Crippen molar-refractivity contribution in [3.8, 4) is 5.75 Å². The number of hydrogen-bond acceptors (Lipinski definition) is 4. The lowest BCUT2D eigenvalue weighted by Crippen LogP contribution is -2.03. The van der Waals surface area contributed by atoms with Gasteiger partial charge in [-0.15, -0.1) is 0 Å². The number of nitrogens with zero attached hydrogens (tertiary/aromatic N) is 3. The molecule has 0 radical (unpaired) electrons. The van der Waals surface area contributed by atoms with E-state index in [1.54, 1.807) is 12.3 Å². The van der Waals surface area contributed by atoms with Gasteiger partial charge in [-0.1, -0.05) is 30.3 Å². The Balaban J connectivity index is 1.81. The van der Waals surface area contributed by atoms with Crippen LogP contribution < -0.4 is 4.74 Å². The molecule has 0 atom stereocenters. The van der Waals surface area contributed by atoms with Crippen LogP contribution in [0.2, 0.25) is 0 Å². The van der Waals surface area contributed by atoms with E-state index in [-0.39, 0.29) is 5.78 Å². The molecule has 100 valence electrons. The number of carbonyl (C=O) groups excluding carboxylic acids is 1. The number of imidazole rings is 1. The Hall–Kier alpha value is -2.69. The fraction of sp³-hybridized carbons (Fsp3) is 0.133. The molecule has 0 bridgehead atoms. The van der Waals surface area contributed by atoms with Crippen molar-refractivity contribution in [2.24, 2.45) is 0 Å². The summed E-state index contributed by atoms with van der Waals surface area (Å²) in [6.45, 7) is 1.96. The van der Waals surface area contributed by atoms with Gasteiger partial charge >= 0.3 is 0 Å². The summed E-state index contributed by atoms with van der Waals surface area (Å²) in [7, 11) is 0. The zero-order chi connectivity index (χ0) is 13.9. The third-order valence-corrected chi connectivity index (χ3v) is 2.95. The lowest BCUT2D eigenvalue weighted by molar-refractivity contribution is 0.101. The first-order valence-corrected chi connectivity index (χ1v) is 6.25. The number of ether oxygens (including phenoxy) is 1. The average Bonchev–Trinajstić information content (AvgIpc) is 2.89. The highest BCUT2D eigenvalue weighted by molar-refractivity contribution is 5.92. The number of ketones is 1. The highest BCUT2D eigenvalue weighted by Crippen LogP contribution is 2.15. The van der Waals surface area contributed by atoms with E-state index in [1.165, 1.54) is 17.6 Å². The van der Waals surface area contributed by atoms with Crippen LogP contribution in [0.15, 0.2) is 48.8 Å². The van der Waals surface area contributed by atoms with Gasteiger partial charge in [-0.05, 0) is 5.56 Å². The number of aromatic nitrogens is 3. The predicted octanol–water partition coefficient (Wildman–Crippen LogP) is 2.51. The molecule has 1 aromatic carbocycles. The molecule has 0 saturated heterocycles. The van der Waals surface area contributed by atoms with Gasteiger partial charge in [-0.25, -0.2) is 9.50 Å². The first-order valence-electron chi connectivity index (χ1n) is 6.25. The Bertz CT molecular complexity index is 750. The molecule has 3 aromatic rings. The molecule has 0 saturated carbocycles. The maximum atomic E-state index is 11.4. The normalized spacial score (nSPS) is 10.7. The zero-order valence-electron chi connectivity index (χ0n) is 11.0. The third kappa shape index (κ3) is 2.38. The third-order valence-electron chi connectivity index (χ3n) is 2.95. The monoisotopic (exact) mass is 267 g/mol. The SMILES string of the molecule is CC(=O)c1cnc2cc(OCc3ccccc3)cnn12. The van der Waals surface area contributed by atoms with E-state index in [9.17, 15) is 4.79 Å². The van der Waals surface area contributed by atoms with Crippen LogP contribution in [-0.2, 0) is 6.61 Å². The van der Waals surface area contributed by atoms with Gasteiger partial charge in [0, 0.05) is 13.0 Å². The Morgan fingerprint density at radius 3 is 2.80 bits per heavy atom. The summed E-state index contributed by atoms with van der Waals surface area (Å²) in [5.41, 5.74) is 2.15. The molecule has 0 aliphatic rings. The molecule has 5 nitrogen and oxygen atoms in total. The van der Waals surface area contributed by atoms with Crippen LogP contribution in [0.5, 0.6) is 5.75 Å². The maximum absolute atomic E-state index is 11.4. The van der Waals surface area contributed by atoms with Gasteiger partial charge in [0.25, 0.3) is 0 Å². The lowest BCUT2D eigenvalue weighted by atomic mass is 10.2. The van der Waals surface area contributed by atoms with E-state index in [0.717, 1.165) is 5.56 Å². The molecule has 0 N–H and O–H groups in total. The van der Waals surface area contributed by atoms with Crippen molar-refractivity contribution in [2.75, 3.05) is 0 Å². The minimum Gasteiger partial charge on any atom is -0.487 e. The zero-order valence-corrected chi connectivity index (χ0v) is 11.0. The van der Waals surface area contributed by atoms with Crippen LogP contribution in [-0.4, -0.2) is 20.4 Å². The Labute approximate surface area is 115 Å². The van der Waals surface area contributed by atoms with Gasteiger partial charge in [0.15, 0.2) is 11.4 Å². The van der Waals surface area contributed by atoms with Crippen molar-refractivity contribution in [1.29, 1.82) is 0 Å².